The Kier molecular flexibility index (Phi) is 2.84. The number of rotatable bonds is 3. The molecule has 0 radical (unpaired) electrons. The van der Waals surface area contributed by atoms with E-state index < -0.39 is 0 Å². The number of imidazole rings is 1. The predicted molar refractivity (Wildman–Crippen MR) is 53.8 cm³/mol. The van der Waals surface area contributed by atoms with Crippen molar-refractivity contribution < 1.29 is 4.74 Å². The maximum absolute atomic E-state index is 5.83. The Balaban J connectivity index is 2.04. The van der Waals surface area contributed by atoms with E-state index >= 15 is 0 Å². The molecule has 1 aliphatic heterocycles. The molecule has 0 bridgehead atoms. The average molecular weight is 195 g/mol. The second-order valence-electron chi connectivity index (χ2n) is 3.89. The minimum atomic E-state index is 0.0407. The minimum Gasteiger partial charge on any atom is -0.376 e. The summed E-state index contributed by atoms with van der Waals surface area (Å²) in [4.78, 5) is 4.11. The smallest absolute Gasteiger partial charge is 0.0949 e. The van der Waals surface area contributed by atoms with Gasteiger partial charge in [0.15, 0.2) is 0 Å². The fraction of sp³-hybridized carbons (Fsp3) is 0.700. The molecule has 0 saturated carbocycles. The zero-order valence-electron chi connectivity index (χ0n) is 8.52. The van der Waals surface area contributed by atoms with Gasteiger partial charge in [-0.25, -0.2) is 4.98 Å². The van der Waals surface area contributed by atoms with Crippen LogP contribution in [-0.2, 0) is 11.3 Å². The molecule has 0 aliphatic carbocycles. The highest BCUT2D eigenvalue weighted by atomic mass is 16.5. The lowest BCUT2D eigenvalue weighted by molar-refractivity contribution is 0.0961. The third-order valence-corrected chi connectivity index (χ3v) is 2.64. The second-order valence-corrected chi connectivity index (χ2v) is 3.89. The van der Waals surface area contributed by atoms with Crippen LogP contribution in [0, 0.1) is 0 Å². The van der Waals surface area contributed by atoms with Crippen LogP contribution in [0.2, 0.25) is 0 Å². The fourth-order valence-electron chi connectivity index (χ4n) is 1.87. The van der Waals surface area contributed by atoms with Crippen LogP contribution in [0.25, 0.3) is 0 Å². The first-order valence-electron chi connectivity index (χ1n) is 5.14. The third kappa shape index (κ3) is 1.96. The van der Waals surface area contributed by atoms with Crippen LogP contribution in [-0.4, -0.2) is 22.3 Å². The summed E-state index contributed by atoms with van der Waals surface area (Å²) < 4.78 is 7.67. The van der Waals surface area contributed by atoms with E-state index in [1.54, 1.807) is 0 Å². The van der Waals surface area contributed by atoms with Crippen molar-refractivity contribution in [2.24, 2.45) is 5.73 Å². The molecule has 1 aromatic heterocycles. The molecule has 0 amide bonds. The summed E-state index contributed by atoms with van der Waals surface area (Å²) in [5.74, 6) is 0. The van der Waals surface area contributed by atoms with E-state index in [0.717, 1.165) is 25.3 Å². The molecule has 1 saturated heterocycles. The van der Waals surface area contributed by atoms with Gasteiger partial charge in [-0.05, 0) is 19.8 Å². The van der Waals surface area contributed by atoms with E-state index in [2.05, 4.69) is 9.55 Å². The number of nitrogens with zero attached hydrogens (tertiary/aromatic N) is 2. The molecule has 0 spiro atoms. The van der Waals surface area contributed by atoms with Gasteiger partial charge >= 0.3 is 0 Å². The topological polar surface area (TPSA) is 53.1 Å². The van der Waals surface area contributed by atoms with Crippen molar-refractivity contribution in [1.29, 1.82) is 0 Å². The minimum absolute atomic E-state index is 0.0407. The van der Waals surface area contributed by atoms with Crippen molar-refractivity contribution in [3.8, 4) is 0 Å². The highest BCUT2D eigenvalue weighted by molar-refractivity contribution is 5.03. The van der Waals surface area contributed by atoms with Crippen molar-refractivity contribution in [2.45, 2.75) is 38.5 Å². The molecule has 2 N–H and O–H groups in total. The summed E-state index contributed by atoms with van der Waals surface area (Å²) in [6.07, 6.45) is 6.34. The zero-order chi connectivity index (χ0) is 9.97. The standard InChI is InChI=1S/C10H17N3O/c1-8(11)10-5-12-7-13(10)6-9-3-2-4-14-9/h5,7-9H,2-4,6,11H2,1H3/t8-,9?/m0/s1. The monoisotopic (exact) mass is 195 g/mol. The molecule has 4 heteroatoms. The third-order valence-electron chi connectivity index (χ3n) is 2.64. The van der Waals surface area contributed by atoms with Crippen molar-refractivity contribution in [3.63, 3.8) is 0 Å². The number of ether oxygens (including phenoxy) is 1. The van der Waals surface area contributed by atoms with Crippen LogP contribution in [0.5, 0.6) is 0 Å². The van der Waals surface area contributed by atoms with E-state index in [4.69, 9.17) is 10.5 Å². The molecule has 2 atom stereocenters. The molecule has 1 aromatic rings. The van der Waals surface area contributed by atoms with Gasteiger partial charge < -0.3 is 15.0 Å². The fourth-order valence-corrected chi connectivity index (χ4v) is 1.87. The van der Waals surface area contributed by atoms with E-state index in [-0.39, 0.29) is 6.04 Å². The normalized spacial score (nSPS) is 24.0. The lowest BCUT2D eigenvalue weighted by Crippen LogP contribution is -2.19. The molecule has 2 rings (SSSR count). The Labute approximate surface area is 84.1 Å². The first-order valence-corrected chi connectivity index (χ1v) is 5.14. The average Bonchev–Trinajstić information content (AvgIpc) is 2.75. The summed E-state index contributed by atoms with van der Waals surface area (Å²) in [5.41, 5.74) is 6.92. The van der Waals surface area contributed by atoms with Gasteiger partial charge in [0.1, 0.15) is 0 Å². The second kappa shape index (κ2) is 4.11. The van der Waals surface area contributed by atoms with Crippen LogP contribution >= 0.6 is 0 Å². The maximum Gasteiger partial charge on any atom is 0.0949 e. The first-order chi connectivity index (χ1) is 6.77. The van der Waals surface area contributed by atoms with Gasteiger partial charge in [-0.2, -0.15) is 0 Å². The van der Waals surface area contributed by atoms with Crippen molar-refractivity contribution in [3.05, 3.63) is 18.2 Å². The summed E-state index contributed by atoms with van der Waals surface area (Å²) in [6, 6.07) is 0.0407. The van der Waals surface area contributed by atoms with Gasteiger partial charge in [0.05, 0.1) is 24.7 Å². The summed E-state index contributed by atoms with van der Waals surface area (Å²) in [6.45, 7) is 3.76. The molecular formula is C10H17N3O. The quantitative estimate of drug-likeness (QED) is 0.785. The molecule has 1 unspecified atom stereocenters. The SMILES string of the molecule is C[C@H](N)c1cncn1CC1CCCO1. The number of hydrogen-bond acceptors (Lipinski definition) is 3. The Morgan fingerprint density at radius 2 is 2.64 bits per heavy atom. The highest BCUT2D eigenvalue weighted by Crippen LogP contribution is 2.16. The molecule has 4 nitrogen and oxygen atoms in total. The van der Waals surface area contributed by atoms with Crippen LogP contribution in [0.1, 0.15) is 31.5 Å². The Bertz CT molecular complexity index is 289. The van der Waals surface area contributed by atoms with Gasteiger partial charge in [0.2, 0.25) is 0 Å². The number of aromatic nitrogens is 2. The molecule has 14 heavy (non-hydrogen) atoms. The van der Waals surface area contributed by atoms with Gasteiger partial charge in [0.25, 0.3) is 0 Å². The molecular weight excluding hydrogens is 178 g/mol. The maximum atomic E-state index is 5.83. The van der Waals surface area contributed by atoms with Crippen LogP contribution in [0.3, 0.4) is 0 Å². The summed E-state index contributed by atoms with van der Waals surface area (Å²) in [7, 11) is 0. The molecule has 0 aromatic carbocycles. The summed E-state index contributed by atoms with van der Waals surface area (Å²) in [5, 5.41) is 0. The van der Waals surface area contributed by atoms with Crippen molar-refractivity contribution >= 4 is 0 Å². The van der Waals surface area contributed by atoms with Gasteiger partial charge in [-0.3, -0.25) is 0 Å². The van der Waals surface area contributed by atoms with Crippen molar-refractivity contribution in [2.75, 3.05) is 6.61 Å². The van der Waals surface area contributed by atoms with Gasteiger partial charge in [-0.15, -0.1) is 0 Å². The largest absolute Gasteiger partial charge is 0.376 e. The molecule has 1 fully saturated rings. The number of nitrogens with two attached hydrogens (primary N) is 1. The number of hydrogen-bond donors (Lipinski definition) is 1. The van der Waals surface area contributed by atoms with Crippen LogP contribution < -0.4 is 5.73 Å². The Morgan fingerprint density at radius 1 is 1.79 bits per heavy atom. The summed E-state index contributed by atoms with van der Waals surface area (Å²) >= 11 is 0. The van der Waals surface area contributed by atoms with E-state index in [0.29, 0.717) is 6.10 Å². The van der Waals surface area contributed by atoms with E-state index in [9.17, 15) is 0 Å². The molecule has 1 aliphatic rings. The van der Waals surface area contributed by atoms with Crippen molar-refractivity contribution in [1.82, 2.24) is 9.55 Å². The molecule has 2 heterocycles. The van der Waals surface area contributed by atoms with E-state index in [1.165, 1.54) is 6.42 Å². The zero-order valence-corrected chi connectivity index (χ0v) is 8.52. The Hall–Kier alpha value is -0.870. The van der Waals surface area contributed by atoms with Gasteiger partial charge in [-0.1, -0.05) is 0 Å². The predicted octanol–water partition coefficient (Wildman–Crippen LogP) is 1.08. The van der Waals surface area contributed by atoms with Crippen LogP contribution in [0.15, 0.2) is 12.5 Å². The van der Waals surface area contributed by atoms with Gasteiger partial charge in [0, 0.05) is 18.8 Å². The lowest BCUT2D eigenvalue weighted by atomic mass is 10.2. The lowest BCUT2D eigenvalue weighted by Gasteiger charge is -2.14. The Morgan fingerprint density at radius 3 is 3.29 bits per heavy atom. The first kappa shape index (κ1) is 9.68. The molecule has 78 valence electrons. The van der Waals surface area contributed by atoms with Crippen LogP contribution in [0.4, 0.5) is 0 Å². The highest BCUT2D eigenvalue weighted by Gasteiger charge is 2.17. The van der Waals surface area contributed by atoms with E-state index in [1.807, 2.05) is 19.4 Å².